The largest absolute Gasteiger partial charge is 0.450 e. The van der Waals surface area contributed by atoms with Crippen LogP contribution in [0.15, 0.2) is 12.3 Å². The number of hydrogen-bond acceptors (Lipinski definition) is 7. The van der Waals surface area contributed by atoms with Gasteiger partial charge in [0.15, 0.2) is 6.20 Å². The lowest BCUT2D eigenvalue weighted by Gasteiger charge is -2.28. The number of anilines is 2. The highest BCUT2D eigenvalue weighted by Gasteiger charge is 2.22. The van der Waals surface area contributed by atoms with Gasteiger partial charge in [0.25, 0.3) is 0 Å². The monoisotopic (exact) mass is 296 g/mol. The molecule has 1 aliphatic heterocycles. The van der Waals surface area contributed by atoms with Crippen LogP contribution in [-0.2, 0) is 9.47 Å². The molecule has 0 saturated carbocycles. The molecular formula is C12H16N4O5. The molecule has 1 aromatic heterocycles. The molecule has 114 valence electrons. The number of morpholine rings is 1. The average Bonchev–Trinajstić information content (AvgIpc) is 2.48. The molecule has 1 N–H and O–H groups in total. The summed E-state index contributed by atoms with van der Waals surface area (Å²) in [5, 5.41) is 13.3. The van der Waals surface area contributed by atoms with E-state index in [-0.39, 0.29) is 12.3 Å². The van der Waals surface area contributed by atoms with E-state index in [1.54, 1.807) is 6.92 Å². The summed E-state index contributed by atoms with van der Waals surface area (Å²) in [6.07, 6.45) is 0.668. The Kier molecular flexibility index (Phi) is 4.88. The fourth-order valence-corrected chi connectivity index (χ4v) is 1.96. The Morgan fingerprint density at radius 3 is 2.90 bits per heavy atom. The van der Waals surface area contributed by atoms with Crippen molar-refractivity contribution in [3.63, 3.8) is 0 Å². The van der Waals surface area contributed by atoms with Crippen LogP contribution in [0.4, 0.5) is 22.0 Å². The van der Waals surface area contributed by atoms with Gasteiger partial charge >= 0.3 is 11.9 Å². The van der Waals surface area contributed by atoms with Crippen molar-refractivity contribution in [2.24, 2.45) is 0 Å². The number of nitrogens with one attached hydrogen (secondary N) is 1. The standard InChI is InChI=1S/C12H16N4O5/c1-2-21-12(17)14-10-7-9(8-13-11(10)16(18)19)15-3-5-20-6-4-15/h7-8H,2-6H2,1H3,(H,14,17). The van der Waals surface area contributed by atoms with Crippen LogP contribution >= 0.6 is 0 Å². The van der Waals surface area contributed by atoms with Gasteiger partial charge in [0, 0.05) is 13.1 Å². The summed E-state index contributed by atoms with van der Waals surface area (Å²) >= 11 is 0. The molecule has 1 aliphatic rings. The maximum atomic E-state index is 11.5. The van der Waals surface area contributed by atoms with Crippen molar-refractivity contribution in [2.45, 2.75) is 6.92 Å². The number of carbonyl (C=O) groups is 1. The summed E-state index contributed by atoms with van der Waals surface area (Å²) in [6.45, 7) is 4.32. The van der Waals surface area contributed by atoms with Gasteiger partial charge in [0.2, 0.25) is 0 Å². The van der Waals surface area contributed by atoms with Crippen molar-refractivity contribution in [2.75, 3.05) is 43.1 Å². The number of carbonyl (C=O) groups excluding carboxylic acids is 1. The van der Waals surface area contributed by atoms with Crippen LogP contribution < -0.4 is 10.2 Å². The van der Waals surface area contributed by atoms with Gasteiger partial charge in [0.05, 0.1) is 25.5 Å². The van der Waals surface area contributed by atoms with Crippen molar-refractivity contribution in [3.05, 3.63) is 22.4 Å². The lowest BCUT2D eigenvalue weighted by Crippen LogP contribution is -2.36. The molecule has 1 amide bonds. The Hall–Kier alpha value is -2.42. The van der Waals surface area contributed by atoms with E-state index >= 15 is 0 Å². The topological polar surface area (TPSA) is 107 Å². The highest BCUT2D eigenvalue weighted by molar-refractivity contribution is 5.88. The van der Waals surface area contributed by atoms with Crippen molar-refractivity contribution >= 4 is 23.3 Å². The highest BCUT2D eigenvalue weighted by Crippen LogP contribution is 2.27. The molecule has 1 fully saturated rings. The van der Waals surface area contributed by atoms with Crippen LogP contribution in [0.5, 0.6) is 0 Å². The van der Waals surface area contributed by atoms with Crippen molar-refractivity contribution < 1.29 is 19.2 Å². The Bertz CT molecular complexity index is 530. The minimum Gasteiger partial charge on any atom is -0.450 e. The van der Waals surface area contributed by atoms with Crippen LogP contribution in [0.2, 0.25) is 0 Å². The summed E-state index contributed by atoms with van der Waals surface area (Å²) in [5.74, 6) is -0.417. The second-order valence-corrected chi connectivity index (χ2v) is 4.27. The Morgan fingerprint density at radius 2 is 2.29 bits per heavy atom. The van der Waals surface area contributed by atoms with Gasteiger partial charge in [-0.15, -0.1) is 0 Å². The second-order valence-electron chi connectivity index (χ2n) is 4.27. The first-order valence-corrected chi connectivity index (χ1v) is 6.52. The van der Waals surface area contributed by atoms with Gasteiger partial charge in [-0.3, -0.25) is 5.32 Å². The zero-order valence-corrected chi connectivity index (χ0v) is 11.6. The van der Waals surface area contributed by atoms with E-state index in [4.69, 9.17) is 9.47 Å². The summed E-state index contributed by atoms with van der Waals surface area (Å²) in [6, 6.07) is 1.52. The van der Waals surface area contributed by atoms with Crippen LogP contribution in [0.25, 0.3) is 0 Å². The normalized spacial score (nSPS) is 14.6. The first kappa shape index (κ1) is 15.0. The molecule has 0 aliphatic carbocycles. The number of pyridine rings is 1. The number of ether oxygens (including phenoxy) is 2. The van der Waals surface area contributed by atoms with Gasteiger partial charge in [0.1, 0.15) is 5.69 Å². The molecule has 1 saturated heterocycles. The lowest BCUT2D eigenvalue weighted by molar-refractivity contribution is -0.388. The zero-order chi connectivity index (χ0) is 15.2. The van der Waals surface area contributed by atoms with E-state index in [9.17, 15) is 14.9 Å². The average molecular weight is 296 g/mol. The number of nitro groups is 1. The third-order valence-corrected chi connectivity index (χ3v) is 2.91. The minimum absolute atomic E-state index is 0.0161. The van der Waals surface area contributed by atoms with E-state index in [1.165, 1.54) is 12.3 Å². The Labute approximate surface area is 121 Å². The quantitative estimate of drug-likeness (QED) is 0.661. The first-order chi connectivity index (χ1) is 10.1. The number of aromatic nitrogens is 1. The highest BCUT2D eigenvalue weighted by atomic mass is 16.6. The van der Waals surface area contributed by atoms with Crippen LogP contribution in [0, 0.1) is 10.1 Å². The molecule has 9 heteroatoms. The molecule has 2 heterocycles. The van der Waals surface area contributed by atoms with Crippen molar-refractivity contribution in [1.82, 2.24) is 4.98 Å². The summed E-state index contributed by atoms with van der Waals surface area (Å²) in [7, 11) is 0. The molecule has 0 unspecified atom stereocenters. The van der Waals surface area contributed by atoms with Crippen molar-refractivity contribution in [3.8, 4) is 0 Å². The Balaban J connectivity index is 2.25. The molecule has 2 rings (SSSR count). The lowest BCUT2D eigenvalue weighted by atomic mass is 10.3. The number of rotatable bonds is 4. The molecular weight excluding hydrogens is 280 g/mol. The Morgan fingerprint density at radius 1 is 1.57 bits per heavy atom. The molecule has 0 spiro atoms. The summed E-state index contributed by atoms with van der Waals surface area (Å²) in [4.78, 5) is 27.6. The minimum atomic E-state index is -0.749. The molecule has 9 nitrogen and oxygen atoms in total. The number of amides is 1. The molecule has 1 aromatic rings. The van der Waals surface area contributed by atoms with E-state index in [0.717, 1.165) is 0 Å². The van der Waals surface area contributed by atoms with E-state index in [1.807, 2.05) is 4.90 Å². The third kappa shape index (κ3) is 3.78. The predicted molar refractivity (Wildman–Crippen MR) is 74.6 cm³/mol. The van der Waals surface area contributed by atoms with Crippen molar-refractivity contribution in [1.29, 1.82) is 0 Å². The molecule has 0 radical (unpaired) electrons. The SMILES string of the molecule is CCOC(=O)Nc1cc(N2CCOCC2)cnc1[N+](=O)[O-]. The fraction of sp³-hybridized carbons (Fsp3) is 0.500. The third-order valence-electron chi connectivity index (χ3n) is 2.91. The maximum Gasteiger partial charge on any atom is 0.411 e. The maximum absolute atomic E-state index is 11.5. The van der Waals surface area contributed by atoms with Crippen LogP contribution in [0.3, 0.4) is 0 Å². The predicted octanol–water partition coefficient (Wildman–Crippen LogP) is 1.39. The second kappa shape index (κ2) is 6.84. The first-order valence-electron chi connectivity index (χ1n) is 6.52. The summed E-state index contributed by atoms with van der Waals surface area (Å²) < 4.78 is 9.98. The number of hydrogen-bond donors (Lipinski definition) is 1. The van der Waals surface area contributed by atoms with E-state index < -0.39 is 16.8 Å². The summed E-state index contributed by atoms with van der Waals surface area (Å²) in [5.41, 5.74) is 0.707. The van der Waals surface area contributed by atoms with Gasteiger partial charge in [-0.25, -0.2) is 4.79 Å². The smallest absolute Gasteiger partial charge is 0.411 e. The molecule has 0 atom stereocenters. The van der Waals surface area contributed by atoms with E-state index in [0.29, 0.717) is 32.0 Å². The van der Waals surface area contributed by atoms with Gasteiger partial charge in [-0.05, 0) is 22.9 Å². The zero-order valence-electron chi connectivity index (χ0n) is 11.6. The molecule has 0 bridgehead atoms. The molecule has 0 aromatic carbocycles. The molecule has 21 heavy (non-hydrogen) atoms. The van der Waals surface area contributed by atoms with Gasteiger partial charge < -0.3 is 24.5 Å². The van der Waals surface area contributed by atoms with Crippen LogP contribution in [-0.4, -0.2) is 48.9 Å². The number of nitrogens with zero attached hydrogens (tertiary/aromatic N) is 3. The van der Waals surface area contributed by atoms with Gasteiger partial charge in [-0.2, -0.15) is 0 Å². The van der Waals surface area contributed by atoms with E-state index in [2.05, 4.69) is 10.3 Å². The van der Waals surface area contributed by atoms with Gasteiger partial charge in [-0.1, -0.05) is 0 Å². The fourth-order valence-electron chi connectivity index (χ4n) is 1.96. The van der Waals surface area contributed by atoms with Crippen LogP contribution in [0.1, 0.15) is 6.92 Å².